The maximum Gasteiger partial charge on any atom is 0.471 e. The van der Waals surface area contributed by atoms with Crippen molar-refractivity contribution in [3.05, 3.63) is 0 Å². The van der Waals surface area contributed by atoms with Crippen LogP contribution in [-0.4, -0.2) is 53.4 Å². The van der Waals surface area contributed by atoms with Gasteiger partial charge in [-0.2, -0.15) is 13.2 Å². The fourth-order valence-corrected chi connectivity index (χ4v) is 1.50. The van der Waals surface area contributed by atoms with E-state index in [1.807, 2.05) is 0 Å². The number of amides is 1. The Labute approximate surface area is 88.8 Å². The number of halogens is 3. The quantitative estimate of drug-likeness (QED) is 0.714. The Morgan fingerprint density at radius 2 is 1.94 bits per heavy atom. The van der Waals surface area contributed by atoms with E-state index < -0.39 is 36.7 Å². The van der Waals surface area contributed by atoms with Gasteiger partial charge in [-0.3, -0.25) is 4.79 Å². The molecule has 0 aromatic carbocycles. The van der Waals surface area contributed by atoms with Crippen molar-refractivity contribution in [2.45, 2.75) is 25.2 Å². The molecule has 0 bridgehead atoms. The first-order valence-electron chi connectivity index (χ1n) is 4.45. The zero-order valence-corrected chi connectivity index (χ0v) is 8.32. The van der Waals surface area contributed by atoms with Crippen molar-refractivity contribution in [1.29, 1.82) is 0 Å². The fourth-order valence-electron chi connectivity index (χ4n) is 1.50. The van der Waals surface area contributed by atoms with Gasteiger partial charge in [0.25, 0.3) is 0 Å². The highest BCUT2D eigenvalue weighted by atomic mass is 19.4. The molecule has 0 radical (unpaired) electrons. The number of ether oxygens (including phenoxy) is 1. The number of morpholine rings is 1. The second-order valence-electron chi connectivity index (χ2n) is 3.45. The average Bonchev–Trinajstić information content (AvgIpc) is 2.14. The Bertz CT molecular complexity index is 304. The molecule has 92 valence electrons. The third kappa shape index (κ3) is 2.43. The third-order valence-corrected chi connectivity index (χ3v) is 2.21. The largest absolute Gasteiger partial charge is 0.480 e. The first-order chi connectivity index (χ1) is 7.25. The number of carboxylic acids is 1. The van der Waals surface area contributed by atoms with Crippen LogP contribution in [0, 0.1) is 0 Å². The molecule has 1 amide bonds. The summed E-state index contributed by atoms with van der Waals surface area (Å²) in [5.74, 6) is -3.65. The van der Waals surface area contributed by atoms with E-state index in [-0.39, 0.29) is 6.61 Å². The van der Waals surface area contributed by atoms with Crippen LogP contribution in [0.15, 0.2) is 0 Å². The highest BCUT2D eigenvalue weighted by Crippen LogP contribution is 2.24. The number of nitrogens with zero attached hydrogens (tertiary/aromatic N) is 1. The van der Waals surface area contributed by atoms with E-state index in [0.29, 0.717) is 4.90 Å². The normalized spacial score (nSPS) is 26.6. The summed E-state index contributed by atoms with van der Waals surface area (Å²) in [7, 11) is 0. The van der Waals surface area contributed by atoms with E-state index in [2.05, 4.69) is 0 Å². The van der Waals surface area contributed by atoms with Crippen molar-refractivity contribution < 1.29 is 32.6 Å². The van der Waals surface area contributed by atoms with Gasteiger partial charge in [0.2, 0.25) is 0 Å². The van der Waals surface area contributed by atoms with Crippen LogP contribution in [0.3, 0.4) is 0 Å². The number of rotatable bonds is 1. The van der Waals surface area contributed by atoms with Crippen LogP contribution in [0.1, 0.15) is 6.92 Å². The molecule has 0 aromatic rings. The maximum absolute atomic E-state index is 12.2. The van der Waals surface area contributed by atoms with Crippen LogP contribution < -0.4 is 0 Å². The van der Waals surface area contributed by atoms with Crippen molar-refractivity contribution in [3.8, 4) is 0 Å². The Morgan fingerprint density at radius 1 is 1.38 bits per heavy atom. The minimum atomic E-state index is -5.07. The molecule has 1 fully saturated rings. The second kappa shape index (κ2) is 4.28. The summed E-state index contributed by atoms with van der Waals surface area (Å²) >= 11 is 0. The minimum absolute atomic E-state index is 0.106. The maximum atomic E-state index is 12.2. The predicted molar refractivity (Wildman–Crippen MR) is 44.6 cm³/mol. The van der Waals surface area contributed by atoms with Crippen LogP contribution in [0.2, 0.25) is 0 Å². The Morgan fingerprint density at radius 3 is 2.38 bits per heavy atom. The molecule has 1 saturated heterocycles. The molecule has 1 aliphatic rings. The van der Waals surface area contributed by atoms with Crippen LogP contribution in [0.25, 0.3) is 0 Å². The zero-order chi connectivity index (χ0) is 12.5. The first-order valence-corrected chi connectivity index (χ1v) is 4.45. The van der Waals surface area contributed by atoms with Gasteiger partial charge in [-0.25, -0.2) is 4.79 Å². The number of carbonyl (C=O) groups excluding carboxylic acids is 1. The van der Waals surface area contributed by atoms with Gasteiger partial charge >= 0.3 is 18.1 Å². The van der Waals surface area contributed by atoms with E-state index >= 15 is 0 Å². The number of alkyl halides is 3. The van der Waals surface area contributed by atoms with Gasteiger partial charge in [0, 0.05) is 0 Å². The van der Waals surface area contributed by atoms with Gasteiger partial charge in [0.1, 0.15) is 0 Å². The second-order valence-corrected chi connectivity index (χ2v) is 3.45. The Balaban J connectivity index is 2.95. The molecule has 0 spiro atoms. The van der Waals surface area contributed by atoms with Crippen molar-refractivity contribution in [2.75, 3.05) is 13.2 Å². The molecule has 2 atom stereocenters. The predicted octanol–water partition coefficient (Wildman–Crippen LogP) is 0.249. The lowest BCUT2D eigenvalue weighted by molar-refractivity contribution is -0.199. The van der Waals surface area contributed by atoms with E-state index in [9.17, 15) is 22.8 Å². The average molecular weight is 241 g/mol. The minimum Gasteiger partial charge on any atom is -0.480 e. The highest BCUT2D eigenvalue weighted by molar-refractivity contribution is 5.87. The summed E-state index contributed by atoms with van der Waals surface area (Å²) in [6.07, 6.45) is -5.07. The van der Waals surface area contributed by atoms with Crippen LogP contribution >= 0.6 is 0 Å². The van der Waals surface area contributed by atoms with Gasteiger partial charge in [-0.15, -0.1) is 0 Å². The van der Waals surface area contributed by atoms with Crippen molar-refractivity contribution in [2.24, 2.45) is 0 Å². The molecule has 1 N–H and O–H groups in total. The SMILES string of the molecule is C[C@H]1COC[C@@H](C(=O)O)N1C(=O)C(F)(F)F. The molecule has 0 unspecified atom stereocenters. The van der Waals surface area contributed by atoms with Gasteiger partial charge in [0.05, 0.1) is 19.3 Å². The summed E-state index contributed by atoms with van der Waals surface area (Å²) in [5, 5.41) is 8.70. The summed E-state index contributed by atoms with van der Waals surface area (Å²) in [6, 6.07) is -2.50. The van der Waals surface area contributed by atoms with Crippen LogP contribution in [0.5, 0.6) is 0 Å². The molecule has 0 aliphatic carbocycles. The molecule has 1 heterocycles. The topological polar surface area (TPSA) is 66.8 Å². The van der Waals surface area contributed by atoms with Crippen molar-refractivity contribution in [1.82, 2.24) is 4.90 Å². The molecule has 16 heavy (non-hydrogen) atoms. The lowest BCUT2D eigenvalue weighted by Gasteiger charge is -2.38. The smallest absolute Gasteiger partial charge is 0.471 e. The standard InChI is InChI=1S/C8H10F3NO4/c1-4-2-16-3-5(6(13)14)12(4)7(15)8(9,10)11/h4-5H,2-3H2,1H3,(H,13,14)/t4-,5-/m0/s1. The summed E-state index contributed by atoms with van der Waals surface area (Å²) in [5.41, 5.74) is 0. The molecular weight excluding hydrogens is 231 g/mol. The number of hydrogen-bond donors (Lipinski definition) is 1. The van der Waals surface area contributed by atoms with E-state index in [0.717, 1.165) is 0 Å². The van der Waals surface area contributed by atoms with E-state index in [1.54, 1.807) is 0 Å². The van der Waals surface area contributed by atoms with Gasteiger partial charge < -0.3 is 14.7 Å². The number of hydrogen-bond acceptors (Lipinski definition) is 3. The summed E-state index contributed by atoms with van der Waals surface area (Å²) in [6.45, 7) is 0.770. The number of aliphatic carboxylic acids is 1. The van der Waals surface area contributed by atoms with Gasteiger partial charge in [-0.05, 0) is 6.92 Å². The molecule has 0 aromatic heterocycles. The van der Waals surface area contributed by atoms with Gasteiger partial charge in [-0.1, -0.05) is 0 Å². The first kappa shape index (κ1) is 12.8. The number of carbonyl (C=O) groups is 2. The van der Waals surface area contributed by atoms with Crippen LogP contribution in [-0.2, 0) is 14.3 Å². The Kier molecular flexibility index (Phi) is 3.41. The van der Waals surface area contributed by atoms with Crippen LogP contribution in [0.4, 0.5) is 13.2 Å². The zero-order valence-electron chi connectivity index (χ0n) is 8.32. The lowest BCUT2D eigenvalue weighted by Crippen LogP contribution is -2.60. The van der Waals surface area contributed by atoms with Crippen molar-refractivity contribution in [3.63, 3.8) is 0 Å². The molecule has 1 rings (SSSR count). The monoisotopic (exact) mass is 241 g/mol. The van der Waals surface area contributed by atoms with E-state index in [4.69, 9.17) is 9.84 Å². The summed E-state index contributed by atoms with van der Waals surface area (Å²) < 4.78 is 41.5. The molecule has 8 heteroatoms. The Hall–Kier alpha value is -1.31. The van der Waals surface area contributed by atoms with Crippen molar-refractivity contribution >= 4 is 11.9 Å². The lowest BCUT2D eigenvalue weighted by atomic mass is 10.1. The summed E-state index contributed by atoms with van der Waals surface area (Å²) in [4.78, 5) is 22.0. The highest BCUT2D eigenvalue weighted by Gasteiger charge is 2.49. The van der Waals surface area contributed by atoms with E-state index in [1.165, 1.54) is 6.92 Å². The molecule has 0 saturated carbocycles. The molecule has 1 aliphatic heterocycles. The molecular formula is C8H10F3NO4. The molecule has 5 nitrogen and oxygen atoms in total. The van der Waals surface area contributed by atoms with Gasteiger partial charge in [0.15, 0.2) is 6.04 Å². The number of carboxylic acid groups (broad SMARTS) is 1. The third-order valence-electron chi connectivity index (χ3n) is 2.21. The fraction of sp³-hybridized carbons (Fsp3) is 0.750.